The van der Waals surface area contributed by atoms with E-state index in [0.29, 0.717) is 6.04 Å². The van der Waals surface area contributed by atoms with Gasteiger partial charge in [-0.2, -0.15) is 0 Å². The van der Waals surface area contributed by atoms with Crippen LogP contribution >= 0.6 is 11.3 Å². The molecule has 2 bridgehead atoms. The van der Waals surface area contributed by atoms with Crippen LogP contribution in [0.3, 0.4) is 0 Å². The van der Waals surface area contributed by atoms with Gasteiger partial charge in [-0.15, -0.1) is 11.3 Å². The predicted molar refractivity (Wildman–Crippen MR) is 86.1 cm³/mol. The van der Waals surface area contributed by atoms with Crippen LogP contribution in [-0.2, 0) is 12.0 Å². The molecule has 0 aliphatic heterocycles. The third-order valence-electron chi connectivity index (χ3n) is 5.33. The van der Waals surface area contributed by atoms with Crippen molar-refractivity contribution in [1.82, 2.24) is 10.3 Å². The largest absolute Gasteiger partial charge is 0.308 e. The molecule has 2 fully saturated rings. The lowest BCUT2D eigenvalue weighted by molar-refractivity contribution is 0.259. The van der Waals surface area contributed by atoms with Gasteiger partial charge in [0.05, 0.1) is 5.69 Å². The highest BCUT2D eigenvalue weighted by atomic mass is 32.1. The lowest BCUT2D eigenvalue weighted by atomic mass is 9.84. The van der Waals surface area contributed by atoms with Gasteiger partial charge < -0.3 is 5.32 Å². The maximum Gasteiger partial charge on any atom is 0.107 e. The minimum atomic E-state index is 0.172. The van der Waals surface area contributed by atoms with E-state index in [2.05, 4.69) is 38.4 Å². The lowest BCUT2D eigenvalue weighted by Crippen LogP contribution is -2.35. The average Bonchev–Trinajstić information content (AvgIpc) is 3.10. The molecule has 20 heavy (non-hydrogen) atoms. The van der Waals surface area contributed by atoms with Gasteiger partial charge in [-0.1, -0.05) is 27.2 Å². The van der Waals surface area contributed by atoms with E-state index in [-0.39, 0.29) is 5.41 Å². The van der Waals surface area contributed by atoms with E-state index in [1.54, 1.807) is 11.3 Å². The van der Waals surface area contributed by atoms with Crippen LogP contribution in [-0.4, -0.2) is 11.0 Å². The van der Waals surface area contributed by atoms with Gasteiger partial charge in [0.25, 0.3) is 0 Å². The molecule has 1 aromatic rings. The standard InChI is InChI=1S/C17H28N2S/c1-11(14-8-12-5-6-13(14)7-12)18-9-16-19-15(10-20-16)17(2,3)4/h10-14,18H,5-9H2,1-4H3. The van der Waals surface area contributed by atoms with E-state index >= 15 is 0 Å². The number of fused-ring (bicyclic) bond motifs is 2. The van der Waals surface area contributed by atoms with Crippen molar-refractivity contribution in [3.05, 3.63) is 16.1 Å². The number of hydrogen-bond donors (Lipinski definition) is 1. The van der Waals surface area contributed by atoms with Gasteiger partial charge in [0.1, 0.15) is 5.01 Å². The fourth-order valence-corrected chi connectivity index (χ4v) is 5.01. The highest BCUT2D eigenvalue weighted by Crippen LogP contribution is 2.49. The van der Waals surface area contributed by atoms with Crippen molar-refractivity contribution in [3.63, 3.8) is 0 Å². The summed E-state index contributed by atoms with van der Waals surface area (Å²) < 4.78 is 0. The van der Waals surface area contributed by atoms with Crippen molar-refractivity contribution >= 4 is 11.3 Å². The maximum absolute atomic E-state index is 4.78. The van der Waals surface area contributed by atoms with Crippen molar-refractivity contribution in [2.75, 3.05) is 0 Å². The molecule has 2 aliphatic carbocycles. The van der Waals surface area contributed by atoms with Crippen LogP contribution < -0.4 is 5.32 Å². The van der Waals surface area contributed by atoms with Crippen molar-refractivity contribution < 1.29 is 0 Å². The fourth-order valence-electron chi connectivity index (χ4n) is 4.04. The number of aromatic nitrogens is 1. The molecule has 2 nitrogen and oxygen atoms in total. The summed E-state index contributed by atoms with van der Waals surface area (Å²) in [6.45, 7) is 10.0. The maximum atomic E-state index is 4.78. The second-order valence-electron chi connectivity index (χ2n) is 7.88. The summed E-state index contributed by atoms with van der Waals surface area (Å²) in [6.07, 6.45) is 5.94. The zero-order valence-electron chi connectivity index (χ0n) is 13.3. The number of thiazole rings is 1. The first-order valence-corrected chi connectivity index (χ1v) is 8.99. The number of hydrogen-bond acceptors (Lipinski definition) is 3. The van der Waals surface area contributed by atoms with E-state index in [1.807, 2.05) is 0 Å². The van der Waals surface area contributed by atoms with Crippen LogP contribution in [0.1, 0.15) is 64.1 Å². The minimum Gasteiger partial charge on any atom is -0.308 e. The molecular formula is C17H28N2S. The Balaban J connectivity index is 1.53. The smallest absolute Gasteiger partial charge is 0.107 e. The Labute approximate surface area is 127 Å². The van der Waals surface area contributed by atoms with Crippen molar-refractivity contribution in [3.8, 4) is 0 Å². The summed E-state index contributed by atoms with van der Waals surface area (Å²) in [7, 11) is 0. The molecule has 3 heteroatoms. The first-order chi connectivity index (χ1) is 9.43. The monoisotopic (exact) mass is 292 g/mol. The van der Waals surface area contributed by atoms with Crippen molar-refractivity contribution in [2.45, 2.75) is 71.4 Å². The summed E-state index contributed by atoms with van der Waals surface area (Å²) in [4.78, 5) is 4.78. The highest BCUT2D eigenvalue weighted by Gasteiger charge is 2.41. The molecule has 0 spiro atoms. The van der Waals surface area contributed by atoms with Gasteiger partial charge in [0.15, 0.2) is 0 Å². The van der Waals surface area contributed by atoms with Gasteiger partial charge in [-0.05, 0) is 43.9 Å². The molecule has 4 atom stereocenters. The first-order valence-electron chi connectivity index (χ1n) is 8.12. The topological polar surface area (TPSA) is 24.9 Å². The molecule has 1 N–H and O–H groups in total. The molecular weight excluding hydrogens is 264 g/mol. The summed E-state index contributed by atoms with van der Waals surface area (Å²) in [5, 5.41) is 7.20. The Bertz CT molecular complexity index is 460. The molecule has 2 aliphatic rings. The molecule has 0 saturated heterocycles. The zero-order chi connectivity index (χ0) is 14.3. The summed E-state index contributed by atoms with van der Waals surface area (Å²) in [5.74, 6) is 2.96. The predicted octanol–water partition coefficient (Wildman–Crippen LogP) is 4.35. The Morgan fingerprint density at radius 3 is 2.70 bits per heavy atom. The first kappa shape index (κ1) is 14.5. The van der Waals surface area contributed by atoms with Gasteiger partial charge in [-0.3, -0.25) is 0 Å². The van der Waals surface area contributed by atoms with Crippen molar-refractivity contribution in [1.29, 1.82) is 0 Å². The van der Waals surface area contributed by atoms with Crippen LogP contribution in [0.25, 0.3) is 0 Å². The normalized spacial score (nSPS) is 30.9. The van der Waals surface area contributed by atoms with E-state index < -0.39 is 0 Å². The summed E-state index contributed by atoms with van der Waals surface area (Å²) in [6, 6.07) is 0.646. The molecule has 1 heterocycles. The second kappa shape index (κ2) is 5.42. The van der Waals surface area contributed by atoms with Crippen LogP contribution in [0.2, 0.25) is 0 Å². The Hall–Kier alpha value is -0.410. The molecule has 4 unspecified atom stereocenters. The average molecular weight is 292 g/mol. The highest BCUT2D eigenvalue weighted by molar-refractivity contribution is 7.09. The molecule has 0 aromatic carbocycles. The molecule has 0 radical (unpaired) electrons. The lowest BCUT2D eigenvalue weighted by Gasteiger charge is -2.28. The number of nitrogens with one attached hydrogen (secondary N) is 1. The molecule has 112 valence electrons. The molecule has 1 aromatic heterocycles. The van der Waals surface area contributed by atoms with Gasteiger partial charge in [0, 0.05) is 23.4 Å². The molecule has 2 saturated carbocycles. The minimum absolute atomic E-state index is 0.172. The van der Waals surface area contributed by atoms with E-state index in [4.69, 9.17) is 4.98 Å². The van der Waals surface area contributed by atoms with Crippen LogP contribution in [0.5, 0.6) is 0 Å². The van der Waals surface area contributed by atoms with Crippen LogP contribution in [0, 0.1) is 17.8 Å². The summed E-state index contributed by atoms with van der Waals surface area (Å²) in [5.41, 5.74) is 1.40. The van der Waals surface area contributed by atoms with Gasteiger partial charge >= 0.3 is 0 Å². The Kier molecular flexibility index (Phi) is 3.93. The Morgan fingerprint density at radius 1 is 1.35 bits per heavy atom. The molecule has 0 amide bonds. The van der Waals surface area contributed by atoms with Gasteiger partial charge in [0.2, 0.25) is 0 Å². The van der Waals surface area contributed by atoms with Gasteiger partial charge in [-0.25, -0.2) is 4.98 Å². The van der Waals surface area contributed by atoms with E-state index in [0.717, 1.165) is 24.3 Å². The van der Waals surface area contributed by atoms with E-state index in [9.17, 15) is 0 Å². The van der Waals surface area contributed by atoms with E-state index in [1.165, 1.54) is 36.4 Å². The van der Waals surface area contributed by atoms with Crippen LogP contribution in [0.4, 0.5) is 0 Å². The number of nitrogens with zero attached hydrogens (tertiary/aromatic N) is 1. The van der Waals surface area contributed by atoms with Crippen LogP contribution in [0.15, 0.2) is 5.38 Å². The number of rotatable bonds is 4. The second-order valence-corrected chi connectivity index (χ2v) is 8.83. The van der Waals surface area contributed by atoms with Crippen molar-refractivity contribution in [2.24, 2.45) is 17.8 Å². The summed E-state index contributed by atoms with van der Waals surface area (Å²) >= 11 is 1.80. The third-order valence-corrected chi connectivity index (χ3v) is 6.18. The Morgan fingerprint density at radius 2 is 2.15 bits per heavy atom. The SMILES string of the molecule is CC(NCc1nc(C(C)(C)C)cs1)C1CC2CCC1C2. The molecule has 3 rings (SSSR count). The fraction of sp³-hybridized carbons (Fsp3) is 0.824. The zero-order valence-corrected chi connectivity index (χ0v) is 14.1. The third kappa shape index (κ3) is 2.94. The quantitative estimate of drug-likeness (QED) is 0.892.